The van der Waals surface area contributed by atoms with Gasteiger partial charge in [0.15, 0.2) is 0 Å². The van der Waals surface area contributed by atoms with Crippen molar-refractivity contribution in [3.8, 4) is 5.75 Å². The minimum atomic E-state index is -0.229. The Bertz CT molecular complexity index is 657. The van der Waals surface area contributed by atoms with Crippen LogP contribution in [-0.2, 0) is 16.1 Å². The van der Waals surface area contributed by atoms with E-state index in [-0.39, 0.29) is 18.4 Å². The molecule has 1 heterocycles. The first-order valence-electron chi connectivity index (χ1n) is 7.18. The number of carbonyl (C=O) groups excluding carboxylic acids is 2. The molecule has 0 aliphatic heterocycles. The molecule has 0 radical (unpaired) electrons. The van der Waals surface area contributed by atoms with Crippen LogP contribution in [-0.4, -0.2) is 30.5 Å². The van der Waals surface area contributed by atoms with Crippen molar-refractivity contribution in [3.63, 3.8) is 0 Å². The molecule has 0 fully saturated rings. The summed E-state index contributed by atoms with van der Waals surface area (Å²) in [7, 11) is 1.57. The number of hydrogen-bond donors (Lipinski definition) is 1. The molecule has 0 saturated carbocycles. The summed E-state index contributed by atoms with van der Waals surface area (Å²) in [6.07, 6.45) is 3.33. The van der Waals surface area contributed by atoms with Crippen molar-refractivity contribution in [2.75, 3.05) is 18.6 Å². The Hall–Kier alpha value is -2.89. The van der Waals surface area contributed by atoms with Crippen molar-refractivity contribution in [1.82, 2.24) is 10.3 Å². The van der Waals surface area contributed by atoms with Crippen LogP contribution in [0.15, 0.2) is 48.8 Å². The smallest absolute Gasteiger partial charge is 0.240 e. The molecular weight excluding hydrogens is 294 g/mol. The molecule has 0 aliphatic carbocycles. The molecule has 0 spiro atoms. The third-order valence-corrected chi connectivity index (χ3v) is 3.30. The lowest BCUT2D eigenvalue weighted by molar-refractivity contribution is -0.123. The molecule has 0 atom stereocenters. The second kappa shape index (κ2) is 7.93. The number of aromatic nitrogens is 1. The highest BCUT2D eigenvalue weighted by Crippen LogP contribution is 2.19. The number of amides is 2. The van der Waals surface area contributed by atoms with E-state index in [9.17, 15) is 9.59 Å². The lowest BCUT2D eigenvalue weighted by atomic mass is 10.2. The fraction of sp³-hybridized carbons (Fsp3) is 0.235. The Balaban J connectivity index is 1.98. The van der Waals surface area contributed by atoms with E-state index in [0.717, 1.165) is 5.56 Å². The predicted octanol–water partition coefficient (Wildman–Crippen LogP) is 1.76. The quantitative estimate of drug-likeness (QED) is 0.882. The molecule has 0 unspecified atom stereocenters. The van der Waals surface area contributed by atoms with Crippen LogP contribution in [0, 0.1) is 0 Å². The molecule has 1 aromatic heterocycles. The normalized spacial score (nSPS) is 10.0. The first-order valence-corrected chi connectivity index (χ1v) is 7.18. The Morgan fingerprint density at radius 3 is 2.35 bits per heavy atom. The number of benzene rings is 1. The monoisotopic (exact) mass is 313 g/mol. The third-order valence-electron chi connectivity index (χ3n) is 3.30. The predicted molar refractivity (Wildman–Crippen MR) is 87.1 cm³/mol. The van der Waals surface area contributed by atoms with E-state index < -0.39 is 0 Å². The Kier molecular flexibility index (Phi) is 5.68. The maximum Gasteiger partial charge on any atom is 0.240 e. The summed E-state index contributed by atoms with van der Waals surface area (Å²) in [5.74, 6) is 0.265. The fourth-order valence-electron chi connectivity index (χ4n) is 2.05. The largest absolute Gasteiger partial charge is 0.497 e. The summed E-state index contributed by atoms with van der Waals surface area (Å²) in [5.41, 5.74) is 1.60. The molecule has 6 heteroatoms. The lowest BCUT2D eigenvalue weighted by Crippen LogP contribution is -2.39. The Labute approximate surface area is 135 Å². The van der Waals surface area contributed by atoms with Crippen molar-refractivity contribution in [2.45, 2.75) is 13.5 Å². The molecule has 2 rings (SSSR count). The Morgan fingerprint density at radius 1 is 1.13 bits per heavy atom. The fourth-order valence-corrected chi connectivity index (χ4v) is 2.05. The molecule has 6 nitrogen and oxygen atoms in total. The summed E-state index contributed by atoms with van der Waals surface area (Å²) in [6, 6.07) is 10.6. The number of rotatable bonds is 6. The van der Waals surface area contributed by atoms with Gasteiger partial charge in [0.2, 0.25) is 11.8 Å². The first-order chi connectivity index (χ1) is 11.1. The highest BCUT2D eigenvalue weighted by atomic mass is 16.5. The molecule has 0 aliphatic rings. The maximum absolute atomic E-state index is 12.1. The van der Waals surface area contributed by atoms with Gasteiger partial charge in [-0.05, 0) is 42.0 Å². The van der Waals surface area contributed by atoms with Gasteiger partial charge in [0.1, 0.15) is 12.3 Å². The number of methoxy groups -OCH3 is 1. The first kappa shape index (κ1) is 16.5. The number of nitrogens with zero attached hydrogens (tertiary/aromatic N) is 2. The molecule has 1 aromatic carbocycles. The summed E-state index contributed by atoms with van der Waals surface area (Å²) >= 11 is 0. The number of hydrogen-bond acceptors (Lipinski definition) is 4. The number of anilines is 1. The zero-order valence-electron chi connectivity index (χ0n) is 13.2. The van der Waals surface area contributed by atoms with Gasteiger partial charge in [-0.25, -0.2) is 0 Å². The van der Waals surface area contributed by atoms with E-state index in [2.05, 4.69) is 10.3 Å². The molecule has 23 heavy (non-hydrogen) atoms. The van der Waals surface area contributed by atoms with E-state index in [0.29, 0.717) is 18.0 Å². The van der Waals surface area contributed by atoms with Gasteiger partial charge in [-0.1, -0.05) is 0 Å². The van der Waals surface area contributed by atoms with E-state index in [1.165, 1.54) is 11.8 Å². The summed E-state index contributed by atoms with van der Waals surface area (Å²) in [5, 5.41) is 2.79. The summed E-state index contributed by atoms with van der Waals surface area (Å²) < 4.78 is 5.09. The zero-order chi connectivity index (χ0) is 16.7. The second-order valence-electron chi connectivity index (χ2n) is 4.94. The van der Waals surface area contributed by atoms with Crippen LogP contribution in [0.3, 0.4) is 0 Å². The second-order valence-corrected chi connectivity index (χ2v) is 4.94. The van der Waals surface area contributed by atoms with Crippen LogP contribution in [0.4, 0.5) is 5.69 Å². The third kappa shape index (κ3) is 4.81. The SMILES string of the molecule is COc1ccc(N(CC(=O)NCc2ccncc2)C(C)=O)cc1. The molecular formula is C17H19N3O3. The van der Waals surface area contributed by atoms with Crippen LogP contribution < -0.4 is 15.0 Å². The molecule has 2 aromatic rings. The van der Waals surface area contributed by atoms with Crippen molar-refractivity contribution in [3.05, 3.63) is 54.4 Å². The van der Waals surface area contributed by atoms with Gasteiger partial charge < -0.3 is 15.0 Å². The maximum atomic E-state index is 12.1. The number of ether oxygens (including phenoxy) is 1. The minimum absolute atomic E-state index is 0.0350. The van der Waals surface area contributed by atoms with Gasteiger partial charge in [-0.2, -0.15) is 0 Å². The zero-order valence-corrected chi connectivity index (χ0v) is 13.2. The minimum Gasteiger partial charge on any atom is -0.497 e. The van der Waals surface area contributed by atoms with E-state index in [1.807, 2.05) is 12.1 Å². The van der Waals surface area contributed by atoms with E-state index in [1.54, 1.807) is 43.8 Å². The summed E-state index contributed by atoms with van der Waals surface area (Å²) in [4.78, 5) is 29.2. The average Bonchev–Trinajstić information content (AvgIpc) is 2.58. The van der Waals surface area contributed by atoms with Crippen molar-refractivity contribution >= 4 is 17.5 Å². The van der Waals surface area contributed by atoms with E-state index >= 15 is 0 Å². The average molecular weight is 313 g/mol. The van der Waals surface area contributed by atoms with E-state index in [4.69, 9.17) is 4.74 Å². The van der Waals surface area contributed by atoms with Crippen LogP contribution in [0.1, 0.15) is 12.5 Å². The topological polar surface area (TPSA) is 71.5 Å². The van der Waals surface area contributed by atoms with Gasteiger partial charge in [-0.3, -0.25) is 14.6 Å². The molecule has 120 valence electrons. The summed E-state index contributed by atoms with van der Waals surface area (Å²) in [6.45, 7) is 1.79. The molecule has 0 bridgehead atoms. The van der Waals surface area contributed by atoms with Crippen molar-refractivity contribution in [2.24, 2.45) is 0 Å². The van der Waals surface area contributed by atoms with Crippen LogP contribution in [0.25, 0.3) is 0 Å². The number of nitrogens with one attached hydrogen (secondary N) is 1. The van der Waals surface area contributed by atoms with Crippen molar-refractivity contribution in [1.29, 1.82) is 0 Å². The van der Waals surface area contributed by atoms with Gasteiger partial charge in [0.05, 0.1) is 7.11 Å². The Morgan fingerprint density at radius 2 is 1.78 bits per heavy atom. The van der Waals surface area contributed by atoms with Crippen LogP contribution >= 0.6 is 0 Å². The van der Waals surface area contributed by atoms with Crippen molar-refractivity contribution < 1.29 is 14.3 Å². The highest BCUT2D eigenvalue weighted by Gasteiger charge is 2.15. The molecule has 0 saturated heterocycles. The van der Waals surface area contributed by atoms with Gasteiger partial charge >= 0.3 is 0 Å². The standard InChI is InChI=1S/C17H19N3O3/c1-13(21)20(15-3-5-16(23-2)6-4-15)12-17(22)19-11-14-7-9-18-10-8-14/h3-10H,11-12H2,1-2H3,(H,19,22). The highest BCUT2D eigenvalue weighted by molar-refractivity contribution is 5.97. The van der Waals surface area contributed by atoms with Crippen LogP contribution in [0.5, 0.6) is 5.75 Å². The van der Waals surface area contributed by atoms with Gasteiger partial charge in [0.25, 0.3) is 0 Å². The molecule has 2 amide bonds. The molecule has 1 N–H and O–H groups in total. The number of carbonyl (C=O) groups is 2. The van der Waals surface area contributed by atoms with Gasteiger partial charge in [0, 0.05) is 31.5 Å². The lowest BCUT2D eigenvalue weighted by Gasteiger charge is -2.21. The van der Waals surface area contributed by atoms with Crippen LogP contribution in [0.2, 0.25) is 0 Å². The number of pyridine rings is 1. The van der Waals surface area contributed by atoms with Gasteiger partial charge in [-0.15, -0.1) is 0 Å².